The Morgan fingerprint density at radius 1 is 1.04 bits per heavy atom. The van der Waals surface area contributed by atoms with Crippen LogP contribution in [0, 0.1) is 6.92 Å². The average molecular weight is 359 g/mol. The van der Waals surface area contributed by atoms with Gasteiger partial charge in [0.15, 0.2) is 8.32 Å². The molecular weight excluding hydrogens is 328 g/mol. The van der Waals surface area contributed by atoms with Gasteiger partial charge in [0.2, 0.25) is 0 Å². The van der Waals surface area contributed by atoms with E-state index in [0.717, 1.165) is 23.7 Å². The van der Waals surface area contributed by atoms with E-state index < -0.39 is 18.4 Å². The van der Waals surface area contributed by atoms with Crippen LogP contribution in [0.1, 0.15) is 39.7 Å². The average Bonchev–Trinajstić information content (AvgIpc) is 2.53. The van der Waals surface area contributed by atoms with Gasteiger partial charge in [0.25, 0.3) is 10.1 Å². The summed E-state index contributed by atoms with van der Waals surface area (Å²) in [6, 6.07) is 9.96. The normalized spacial score (nSPS) is 14.0. The second kappa shape index (κ2) is 8.96. The van der Waals surface area contributed by atoms with Crippen molar-refractivity contribution < 1.29 is 17.0 Å². The first kappa shape index (κ1) is 20.4. The molecule has 6 heteroatoms. The lowest BCUT2D eigenvalue weighted by Crippen LogP contribution is -2.39. The molecule has 0 aliphatic carbocycles. The summed E-state index contributed by atoms with van der Waals surface area (Å²) in [5.41, 5.74) is 1.02. The number of hydrogen-bond acceptors (Lipinski definition) is 4. The highest BCUT2D eigenvalue weighted by Gasteiger charge is 2.30. The molecule has 132 valence electrons. The van der Waals surface area contributed by atoms with E-state index in [1.54, 1.807) is 24.3 Å². The molecule has 0 unspecified atom stereocenters. The lowest BCUT2D eigenvalue weighted by Gasteiger charge is -2.31. The Balaban J connectivity index is 2.54. The molecule has 0 aliphatic heterocycles. The Bertz CT molecular complexity index is 556. The Morgan fingerprint density at radius 3 is 2.04 bits per heavy atom. The number of aryl methyl sites for hydroxylation is 1. The molecule has 1 aromatic rings. The fraction of sp³-hybridized carbons (Fsp3) is 0.647. The molecule has 0 saturated carbocycles. The molecule has 4 nitrogen and oxygen atoms in total. The van der Waals surface area contributed by atoms with Crippen LogP contribution in [0.3, 0.4) is 0 Å². The summed E-state index contributed by atoms with van der Waals surface area (Å²) in [5, 5.41) is 0. The highest BCUT2D eigenvalue weighted by Crippen LogP contribution is 2.24. The van der Waals surface area contributed by atoms with Crippen LogP contribution in [0.25, 0.3) is 0 Å². The van der Waals surface area contributed by atoms with E-state index in [4.69, 9.17) is 8.61 Å². The molecule has 23 heavy (non-hydrogen) atoms. The van der Waals surface area contributed by atoms with Crippen molar-refractivity contribution in [3.8, 4) is 0 Å². The summed E-state index contributed by atoms with van der Waals surface area (Å²) in [5.74, 6) is 0. The minimum absolute atomic E-state index is 0.0229. The zero-order valence-corrected chi connectivity index (χ0v) is 16.8. The van der Waals surface area contributed by atoms with E-state index in [-0.39, 0.29) is 17.6 Å². The molecule has 0 radical (unpaired) electrons. The second-order valence-electron chi connectivity index (χ2n) is 6.05. The number of benzene rings is 1. The number of hydrogen-bond donors (Lipinski definition) is 0. The SMILES string of the molecule is CC[Si](CC)(CC)O[C@@H](C)CCOS(=O)(=O)c1ccc(C)cc1. The first-order valence-corrected chi connectivity index (χ1v) is 12.4. The molecule has 1 aromatic carbocycles. The van der Waals surface area contributed by atoms with E-state index in [2.05, 4.69) is 20.8 Å². The van der Waals surface area contributed by atoms with Crippen molar-refractivity contribution in [3.05, 3.63) is 29.8 Å². The van der Waals surface area contributed by atoms with Crippen molar-refractivity contribution in [2.45, 2.75) is 70.2 Å². The van der Waals surface area contributed by atoms with Crippen LogP contribution in [0.5, 0.6) is 0 Å². The summed E-state index contributed by atoms with van der Waals surface area (Å²) in [7, 11) is -5.33. The number of rotatable bonds is 10. The predicted molar refractivity (Wildman–Crippen MR) is 96.7 cm³/mol. The topological polar surface area (TPSA) is 52.6 Å². The van der Waals surface area contributed by atoms with Gasteiger partial charge in [-0.3, -0.25) is 4.18 Å². The molecule has 0 amide bonds. The maximum Gasteiger partial charge on any atom is 0.296 e. The van der Waals surface area contributed by atoms with Gasteiger partial charge >= 0.3 is 0 Å². The summed E-state index contributed by atoms with van der Waals surface area (Å²) in [6.07, 6.45) is 0.606. The highest BCUT2D eigenvalue weighted by atomic mass is 32.2. The van der Waals surface area contributed by atoms with Gasteiger partial charge in [0.1, 0.15) is 0 Å². The van der Waals surface area contributed by atoms with Crippen molar-refractivity contribution in [2.75, 3.05) is 6.61 Å². The van der Waals surface area contributed by atoms with Crippen molar-refractivity contribution in [3.63, 3.8) is 0 Å². The molecule has 0 saturated heterocycles. The van der Waals surface area contributed by atoms with Crippen LogP contribution < -0.4 is 0 Å². The molecule has 0 bridgehead atoms. The largest absolute Gasteiger partial charge is 0.414 e. The van der Waals surface area contributed by atoms with Gasteiger partial charge in [0, 0.05) is 6.10 Å². The van der Waals surface area contributed by atoms with Crippen molar-refractivity contribution >= 4 is 18.4 Å². The van der Waals surface area contributed by atoms with E-state index in [9.17, 15) is 8.42 Å². The fourth-order valence-electron chi connectivity index (χ4n) is 2.58. The second-order valence-corrected chi connectivity index (χ2v) is 12.4. The molecular formula is C17H30O4SSi. The smallest absolute Gasteiger partial charge is 0.296 e. The van der Waals surface area contributed by atoms with Crippen molar-refractivity contribution in [1.29, 1.82) is 0 Å². The zero-order valence-electron chi connectivity index (χ0n) is 15.0. The standard InChI is InChI=1S/C17H30O4SSi/c1-6-23(7-2,8-3)21-16(5)13-14-20-22(18,19)17-11-9-15(4)10-12-17/h9-12,16H,6-8,13-14H2,1-5H3/t16-/m0/s1. The minimum Gasteiger partial charge on any atom is -0.414 e. The molecule has 0 heterocycles. The highest BCUT2D eigenvalue weighted by molar-refractivity contribution is 7.86. The third kappa shape index (κ3) is 6.03. The molecule has 1 atom stereocenters. The Morgan fingerprint density at radius 2 is 1.57 bits per heavy atom. The van der Waals surface area contributed by atoms with Crippen molar-refractivity contribution in [2.24, 2.45) is 0 Å². The summed E-state index contributed by atoms with van der Waals surface area (Å²) < 4.78 is 35.7. The van der Waals surface area contributed by atoms with Crippen LogP contribution in [0.15, 0.2) is 29.2 Å². The molecule has 0 aromatic heterocycles. The maximum absolute atomic E-state index is 12.1. The minimum atomic E-state index is -3.68. The molecule has 1 rings (SSSR count). The first-order valence-electron chi connectivity index (χ1n) is 8.42. The van der Waals surface area contributed by atoms with Gasteiger partial charge in [-0.1, -0.05) is 38.5 Å². The fourth-order valence-corrected chi connectivity index (χ4v) is 6.48. The predicted octanol–water partition coefficient (Wildman–Crippen LogP) is 4.50. The molecule has 0 aliphatic rings. The van der Waals surface area contributed by atoms with E-state index in [1.807, 2.05) is 13.8 Å². The van der Waals surface area contributed by atoms with Gasteiger partial charge in [-0.25, -0.2) is 0 Å². The summed E-state index contributed by atoms with van der Waals surface area (Å²) >= 11 is 0. The van der Waals surface area contributed by atoms with Crippen LogP contribution in [-0.4, -0.2) is 29.4 Å². The summed E-state index contributed by atoms with van der Waals surface area (Å²) in [4.78, 5) is 0.205. The van der Waals surface area contributed by atoms with Gasteiger partial charge in [0.05, 0.1) is 11.5 Å². The van der Waals surface area contributed by atoms with Gasteiger partial charge < -0.3 is 4.43 Å². The van der Waals surface area contributed by atoms with Crippen LogP contribution >= 0.6 is 0 Å². The zero-order chi connectivity index (χ0) is 17.5. The van der Waals surface area contributed by atoms with Crippen LogP contribution in [0.4, 0.5) is 0 Å². The molecule has 0 spiro atoms. The quantitative estimate of drug-likeness (QED) is 0.456. The monoisotopic (exact) mass is 358 g/mol. The Kier molecular flexibility index (Phi) is 7.93. The first-order chi connectivity index (χ1) is 10.8. The van der Waals surface area contributed by atoms with E-state index >= 15 is 0 Å². The van der Waals surface area contributed by atoms with E-state index in [0.29, 0.717) is 6.42 Å². The van der Waals surface area contributed by atoms with Gasteiger partial charge in [-0.2, -0.15) is 8.42 Å². The summed E-state index contributed by atoms with van der Waals surface area (Å²) in [6.45, 7) is 10.6. The molecule has 0 fully saturated rings. The third-order valence-corrected chi connectivity index (χ3v) is 10.6. The molecule has 0 N–H and O–H groups in total. The van der Waals surface area contributed by atoms with Gasteiger partial charge in [-0.05, 0) is 50.5 Å². The van der Waals surface area contributed by atoms with Crippen molar-refractivity contribution in [1.82, 2.24) is 0 Å². The third-order valence-electron chi connectivity index (χ3n) is 4.46. The van der Waals surface area contributed by atoms with Crippen LogP contribution in [0.2, 0.25) is 18.1 Å². The maximum atomic E-state index is 12.1. The Hall–Kier alpha value is -0.693. The van der Waals surface area contributed by atoms with E-state index in [1.165, 1.54) is 0 Å². The lowest BCUT2D eigenvalue weighted by atomic mass is 10.2. The van der Waals surface area contributed by atoms with Crippen LogP contribution in [-0.2, 0) is 18.7 Å². The lowest BCUT2D eigenvalue weighted by molar-refractivity contribution is 0.167. The van der Waals surface area contributed by atoms with Gasteiger partial charge in [-0.15, -0.1) is 0 Å². The Labute approximate surface area is 142 Å².